The van der Waals surface area contributed by atoms with Crippen LogP contribution in [0.25, 0.3) is 0 Å². The fraction of sp³-hybridized carbons (Fsp3) is 0.364. The van der Waals surface area contributed by atoms with Crippen molar-refractivity contribution in [2.45, 2.75) is 17.4 Å². The van der Waals surface area contributed by atoms with E-state index in [1.54, 1.807) is 7.05 Å². The van der Waals surface area contributed by atoms with Crippen LogP contribution in [-0.2, 0) is 17.1 Å². The van der Waals surface area contributed by atoms with Gasteiger partial charge in [-0.05, 0) is 17.9 Å². The zero-order valence-electron chi connectivity index (χ0n) is 10.4. The van der Waals surface area contributed by atoms with Gasteiger partial charge < -0.3 is 5.11 Å². The van der Waals surface area contributed by atoms with Gasteiger partial charge in [-0.25, -0.2) is 13.1 Å². The first kappa shape index (κ1) is 14.2. The number of aliphatic hydroxyl groups is 1. The van der Waals surface area contributed by atoms with Crippen molar-refractivity contribution in [2.75, 3.05) is 6.61 Å². The monoisotopic (exact) mass is 301 g/mol. The summed E-state index contributed by atoms with van der Waals surface area (Å²) in [6.07, 6.45) is 3.07. The molecule has 0 aliphatic heterocycles. The van der Waals surface area contributed by atoms with Gasteiger partial charge in [0.15, 0.2) is 0 Å². The normalized spacial score (nSPS) is 13.6. The van der Waals surface area contributed by atoms with E-state index in [4.69, 9.17) is 5.11 Å². The Balaban J connectivity index is 2.21. The molecule has 2 aromatic heterocycles. The Morgan fingerprint density at radius 3 is 2.89 bits per heavy atom. The zero-order chi connectivity index (χ0) is 13.9. The molecule has 2 N–H and O–H groups in total. The minimum atomic E-state index is -3.62. The minimum Gasteiger partial charge on any atom is -0.396 e. The Labute approximate surface area is 115 Å². The van der Waals surface area contributed by atoms with Crippen LogP contribution >= 0.6 is 11.3 Å². The number of aliphatic hydroxyl groups excluding tert-OH is 1. The predicted molar refractivity (Wildman–Crippen MR) is 72.3 cm³/mol. The average molecular weight is 301 g/mol. The summed E-state index contributed by atoms with van der Waals surface area (Å²) in [5, 5.41) is 14.8. The van der Waals surface area contributed by atoms with Crippen molar-refractivity contribution < 1.29 is 13.5 Å². The Morgan fingerprint density at radius 2 is 2.37 bits per heavy atom. The number of thiophene rings is 1. The lowest BCUT2D eigenvalue weighted by molar-refractivity contribution is 0.273. The Kier molecular flexibility index (Phi) is 4.35. The highest BCUT2D eigenvalue weighted by Crippen LogP contribution is 2.23. The van der Waals surface area contributed by atoms with Crippen LogP contribution in [0.3, 0.4) is 0 Å². The van der Waals surface area contributed by atoms with Crippen molar-refractivity contribution in [1.29, 1.82) is 0 Å². The average Bonchev–Trinajstić information content (AvgIpc) is 2.98. The fourth-order valence-corrected chi connectivity index (χ4v) is 3.79. The van der Waals surface area contributed by atoms with E-state index in [0.717, 1.165) is 4.88 Å². The third-order valence-corrected chi connectivity index (χ3v) is 5.01. The highest BCUT2D eigenvalue weighted by atomic mass is 32.2. The molecule has 0 saturated carbocycles. The van der Waals surface area contributed by atoms with Crippen molar-refractivity contribution in [3.63, 3.8) is 0 Å². The number of hydrogen-bond donors (Lipinski definition) is 2. The van der Waals surface area contributed by atoms with E-state index in [1.165, 1.54) is 28.4 Å². The highest BCUT2D eigenvalue weighted by molar-refractivity contribution is 7.89. The minimum absolute atomic E-state index is 0.0852. The van der Waals surface area contributed by atoms with Gasteiger partial charge in [-0.1, -0.05) is 6.07 Å². The van der Waals surface area contributed by atoms with Crippen molar-refractivity contribution in [2.24, 2.45) is 7.05 Å². The van der Waals surface area contributed by atoms with E-state index in [2.05, 4.69) is 9.82 Å². The van der Waals surface area contributed by atoms with E-state index < -0.39 is 16.1 Å². The number of aromatic nitrogens is 2. The van der Waals surface area contributed by atoms with Gasteiger partial charge in [-0.2, -0.15) is 5.10 Å². The summed E-state index contributed by atoms with van der Waals surface area (Å²) in [5.41, 5.74) is 0. The summed E-state index contributed by atoms with van der Waals surface area (Å²) in [6.45, 7) is -0.0852. The molecule has 0 amide bonds. The van der Waals surface area contributed by atoms with Gasteiger partial charge >= 0.3 is 0 Å². The number of rotatable bonds is 6. The molecule has 0 radical (unpaired) electrons. The van der Waals surface area contributed by atoms with Crippen molar-refractivity contribution in [3.05, 3.63) is 34.8 Å². The molecule has 0 bridgehead atoms. The zero-order valence-corrected chi connectivity index (χ0v) is 12.0. The van der Waals surface area contributed by atoms with Crippen molar-refractivity contribution >= 4 is 21.4 Å². The molecule has 2 aromatic rings. The van der Waals surface area contributed by atoms with Crippen LogP contribution in [0.15, 0.2) is 34.8 Å². The topological polar surface area (TPSA) is 84.2 Å². The lowest BCUT2D eigenvalue weighted by Crippen LogP contribution is -2.28. The summed E-state index contributed by atoms with van der Waals surface area (Å²) >= 11 is 1.45. The third-order valence-electron chi connectivity index (χ3n) is 2.59. The first-order valence-corrected chi connectivity index (χ1v) is 8.04. The molecule has 0 spiro atoms. The van der Waals surface area contributed by atoms with Crippen molar-refractivity contribution in [1.82, 2.24) is 14.5 Å². The maximum absolute atomic E-state index is 12.2. The molecule has 2 rings (SSSR count). The molecule has 2 heterocycles. The highest BCUT2D eigenvalue weighted by Gasteiger charge is 2.22. The van der Waals surface area contributed by atoms with Crippen LogP contribution in [0.2, 0.25) is 0 Å². The fourth-order valence-electron chi connectivity index (χ4n) is 1.67. The van der Waals surface area contributed by atoms with Crippen LogP contribution < -0.4 is 4.72 Å². The number of aryl methyl sites for hydroxylation is 1. The largest absolute Gasteiger partial charge is 0.396 e. The van der Waals surface area contributed by atoms with E-state index in [9.17, 15) is 8.42 Å². The maximum Gasteiger partial charge on any atom is 0.244 e. The number of sulfonamides is 1. The molecule has 6 nitrogen and oxygen atoms in total. The Bertz CT molecular complexity index is 619. The van der Waals surface area contributed by atoms with E-state index in [1.807, 2.05) is 17.5 Å². The molecule has 0 unspecified atom stereocenters. The summed E-state index contributed by atoms with van der Waals surface area (Å²) in [7, 11) is -1.97. The molecule has 0 aromatic carbocycles. The van der Waals surface area contributed by atoms with Crippen molar-refractivity contribution in [3.8, 4) is 0 Å². The van der Waals surface area contributed by atoms with Crippen LogP contribution in [0.5, 0.6) is 0 Å². The second kappa shape index (κ2) is 5.83. The standard InChI is InChI=1S/C11H15N3O3S2/c1-14-8-9(7-12-14)19(16,17)13-10(4-5-15)11-3-2-6-18-11/h2-3,6-8,10,13,15H,4-5H2,1H3/t10-/m0/s1. The summed E-state index contributed by atoms with van der Waals surface area (Å²) in [5.74, 6) is 0. The van der Waals surface area contributed by atoms with E-state index >= 15 is 0 Å². The Morgan fingerprint density at radius 1 is 1.58 bits per heavy atom. The van der Waals surface area contributed by atoms with Crippen LogP contribution in [0.4, 0.5) is 0 Å². The van der Waals surface area contributed by atoms with Gasteiger partial charge in [-0.15, -0.1) is 11.3 Å². The molecule has 1 atom stereocenters. The lowest BCUT2D eigenvalue weighted by Gasteiger charge is -2.15. The molecular weight excluding hydrogens is 286 g/mol. The first-order chi connectivity index (χ1) is 9.03. The van der Waals surface area contributed by atoms with Crippen LogP contribution in [-0.4, -0.2) is 29.9 Å². The van der Waals surface area contributed by atoms with Crippen LogP contribution in [0, 0.1) is 0 Å². The molecular formula is C11H15N3O3S2. The predicted octanol–water partition coefficient (Wildman–Crippen LogP) is 0.884. The Hall–Kier alpha value is -1.22. The van der Waals surface area contributed by atoms with Gasteiger partial charge in [0.2, 0.25) is 10.0 Å². The van der Waals surface area contributed by atoms with Gasteiger partial charge in [0, 0.05) is 24.7 Å². The number of hydrogen-bond acceptors (Lipinski definition) is 5. The quantitative estimate of drug-likeness (QED) is 0.829. The third kappa shape index (κ3) is 3.41. The molecule has 0 aliphatic rings. The SMILES string of the molecule is Cn1cc(S(=O)(=O)N[C@@H](CCO)c2cccs2)cn1. The molecule has 0 saturated heterocycles. The summed E-state index contributed by atoms with van der Waals surface area (Å²) in [4.78, 5) is 0.996. The summed E-state index contributed by atoms with van der Waals surface area (Å²) < 4.78 is 28.4. The smallest absolute Gasteiger partial charge is 0.244 e. The van der Waals surface area contributed by atoms with E-state index in [0.29, 0.717) is 6.42 Å². The van der Waals surface area contributed by atoms with Gasteiger partial charge in [-0.3, -0.25) is 4.68 Å². The molecule has 0 aliphatic carbocycles. The summed E-state index contributed by atoms with van der Waals surface area (Å²) in [6, 6.07) is 3.27. The first-order valence-electron chi connectivity index (χ1n) is 5.68. The second-order valence-corrected chi connectivity index (χ2v) is 6.74. The molecule has 104 valence electrons. The number of nitrogens with one attached hydrogen (secondary N) is 1. The molecule has 0 fully saturated rings. The maximum atomic E-state index is 12.2. The van der Waals surface area contributed by atoms with E-state index in [-0.39, 0.29) is 11.5 Å². The van der Waals surface area contributed by atoms with Gasteiger partial charge in [0.1, 0.15) is 4.90 Å². The second-order valence-electron chi connectivity index (χ2n) is 4.05. The molecule has 19 heavy (non-hydrogen) atoms. The molecule has 8 heteroatoms. The van der Waals surface area contributed by atoms with Gasteiger partial charge in [0.05, 0.1) is 12.2 Å². The van der Waals surface area contributed by atoms with Gasteiger partial charge in [0.25, 0.3) is 0 Å². The van der Waals surface area contributed by atoms with Crippen LogP contribution in [0.1, 0.15) is 17.3 Å². The lowest BCUT2D eigenvalue weighted by atomic mass is 10.2. The number of nitrogens with zero attached hydrogens (tertiary/aromatic N) is 2.